The summed E-state index contributed by atoms with van der Waals surface area (Å²) in [5.74, 6) is -1.41. The van der Waals surface area contributed by atoms with Gasteiger partial charge in [-0.05, 0) is 20.2 Å². The van der Waals surface area contributed by atoms with E-state index in [0.29, 0.717) is 6.54 Å². The molecule has 0 aromatic carbocycles. The zero-order chi connectivity index (χ0) is 12.8. The highest BCUT2D eigenvalue weighted by Gasteiger charge is 2.09. The molecule has 0 saturated heterocycles. The van der Waals surface area contributed by atoms with E-state index >= 15 is 0 Å². The van der Waals surface area contributed by atoms with Gasteiger partial charge in [0, 0.05) is 25.5 Å². The van der Waals surface area contributed by atoms with Crippen molar-refractivity contribution >= 4 is 11.9 Å². The van der Waals surface area contributed by atoms with Crippen molar-refractivity contribution < 1.29 is 14.7 Å². The highest BCUT2D eigenvalue weighted by Crippen LogP contribution is 2.02. The molecule has 0 radical (unpaired) electrons. The van der Waals surface area contributed by atoms with E-state index in [4.69, 9.17) is 5.11 Å². The lowest BCUT2D eigenvalue weighted by Gasteiger charge is -2.10. The minimum absolute atomic E-state index is 0.00487. The molecule has 1 amide bonds. The molecule has 0 saturated carbocycles. The van der Waals surface area contributed by atoms with E-state index in [9.17, 15) is 9.59 Å². The summed E-state index contributed by atoms with van der Waals surface area (Å²) in [6.45, 7) is 1.22. The monoisotopic (exact) mass is 237 g/mol. The number of pyridine rings is 1. The second kappa shape index (κ2) is 5.95. The van der Waals surface area contributed by atoms with E-state index in [1.54, 1.807) is 0 Å². The maximum absolute atomic E-state index is 11.6. The average molecular weight is 237 g/mol. The number of hydrogen-bond donors (Lipinski definition) is 2. The van der Waals surface area contributed by atoms with Gasteiger partial charge in [-0.1, -0.05) is 0 Å². The van der Waals surface area contributed by atoms with Gasteiger partial charge in [0.25, 0.3) is 5.91 Å². The molecule has 0 aliphatic carbocycles. The maximum Gasteiger partial charge on any atom is 0.337 e. The molecule has 6 heteroatoms. The first-order valence-electron chi connectivity index (χ1n) is 5.12. The van der Waals surface area contributed by atoms with E-state index < -0.39 is 5.97 Å². The third-order valence-electron chi connectivity index (χ3n) is 2.09. The summed E-state index contributed by atoms with van der Waals surface area (Å²) in [5.41, 5.74) is 0.258. The molecule has 2 N–H and O–H groups in total. The molecule has 0 bridgehead atoms. The fraction of sp³-hybridized carbons (Fsp3) is 0.364. The first-order chi connectivity index (χ1) is 8.00. The Morgan fingerprint density at radius 2 is 2.00 bits per heavy atom. The normalized spacial score (nSPS) is 10.3. The predicted octanol–water partition coefficient (Wildman–Crippen LogP) is 0.0712. The van der Waals surface area contributed by atoms with Crippen molar-refractivity contribution in [2.45, 2.75) is 0 Å². The lowest BCUT2D eigenvalue weighted by Crippen LogP contribution is -2.31. The van der Waals surface area contributed by atoms with Crippen LogP contribution in [0.3, 0.4) is 0 Å². The Bertz CT molecular complexity index is 418. The van der Waals surface area contributed by atoms with E-state index in [1.165, 1.54) is 18.5 Å². The SMILES string of the molecule is CN(C)CCNC(=O)c1cncc(C(=O)O)c1. The van der Waals surface area contributed by atoms with Gasteiger partial charge in [0.1, 0.15) is 0 Å². The fourth-order valence-corrected chi connectivity index (χ4v) is 1.18. The number of carbonyl (C=O) groups excluding carboxylic acids is 1. The van der Waals surface area contributed by atoms with Crippen LogP contribution in [0.25, 0.3) is 0 Å². The van der Waals surface area contributed by atoms with Crippen LogP contribution in [0.1, 0.15) is 20.7 Å². The Kier molecular flexibility index (Phi) is 4.59. The van der Waals surface area contributed by atoms with Crippen LogP contribution >= 0.6 is 0 Å². The summed E-state index contributed by atoms with van der Waals surface area (Å²) in [6.07, 6.45) is 2.55. The van der Waals surface area contributed by atoms with Gasteiger partial charge in [-0.25, -0.2) is 4.79 Å². The van der Waals surface area contributed by atoms with Crippen LogP contribution in [-0.4, -0.2) is 54.1 Å². The van der Waals surface area contributed by atoms with Crippen molar-refractivity contribution in [3.63, 3.8) is 0 Å². The molecular weight excluding hydrogens is 222 g/mol. The fourth-order valence-electron chi connectivity index (χ4n) is 1.18. The molecule has 0 unspecified atom stereocenters. The van der Waals surface area contributed by atoms with E-state index in [-0.39, 0.29) is 17.0 Å². The minimum atomic E-state index is -1.10. The number of likely N-dealkylation sites (N-methyl/N-ethyl adjacent to an activating group) is 1. The highest BCUT2D eigenvalue weighted by atomic mass is 16.4. The number of rotatable bonds is 5. The molecule has 1 rings (SSSR count). The smallest absolute Gasteiger partial charge is 0.337 e. The van der Waals surface area contributed by atoms with Gasteiger partial charge in [-0.15, -0.1) is 0 Å². The van der Waals surface area contributed by atoms with Crippen molar-refractivity contribution in [2.75, 3.05) is 27.2 Å². The first kappa shape index (κ1) is 13.1. The Labute approximate surface area is 99.3 Å². The van der Waals surface area contributed by atoms with Crippen LogP contribution in [0.4, 0.5) is 0 Å². The molecule has 92 valence electrons. The van der Waals surface area contributed by atoms with E-state index in [0.717, 1.165) is 6.54 Å². The van der Waals surface area contributed by atoms with Gasteiger partial charge in [-0.3, -0.25) is 9.78 Å². The van der Waals surface area contributed by atoms with Gasteiger partial charge in [0.15, 0.2) is 0 Å². The molecule has 0 aliphatic rings. The Morgan fingerprint density at radius 3 is 2.59 bits per heavy atom. The van der Waals surface area contributed by atoms with E-state index in [1.807, 2.05) is 19.0 Å². The molecule has 1 heterocycles. The number of hydrogen-bond acceptors (Lipinski definition) is 4. The standard InChI is InChI=1S/C11H15N3O3/c1-14(2)4-3-13-10(15)8-5-9(11(16)17)7-12-6-8/h5-7H,3-4H2,1-2H3,(H,13,15)(H,16,17). The summed E-state index contributed by atoms with van der Waals surface area (Å²) >= 11 is 0. The van der Waals surface area contributed by atoms with Gasteiger partial charge >= 0.3 is 5.97 Å². The zero-order valence-electron chi connectivity index (χ0n) is 9.80. The van der Waals surface area contributed by atoms with Crippen LogP contribution in [0.15, 0.2) is 18.5 Å². The molecule has 17 heavy (non-hydrogen) atoms. The number of carbonyl (C=O) groups is 2. The van der Waals surface area contributed by atoms with Crippen LogP contribution in [-0.2, 0) is 0 Å². The lowest BCUT2D eigenvalue weighted by molar-refractivity contribution is 0.0696. The van der Waals surface area contributed by atoms with Crippen molar-refractivity contribution in [3.05, 3.63) is 29.6 Å². The van der Waals surface area contributed by atoms with Crippen LogP contribution in [0, 0.1) is 0 Å². The number of amides is 1. The van der Waals surface area contributed by atoms with E-state index in [2.05, 4.69) is 10.3 Å². The molecule has 6 nitrogen and oxygen atoms in total. The number of nitrogens with zero attached hydrogens (tertiary/aromatic N) is 2. The average Bonchev–Trinajstić information content (AvgIpc) is 2.28. The minimum Gasteiger partial charge on any atom is -0.478 e. The molecule has 0 spiro atoms. The number of aromatic carboxylic acids is 1. The zero-order valence-corrected chi connectivity index (χ0v) is 9.80. The first-order valence-corrected chi connectivity index (χ1v) is 5.12. The van der Waals surface area contributed by atoms with Gasteiger partial charge in [0.2, 0.25) is 0 Å². The molecule has 1 aromatic rings. The number of nitrogens with one attached hydrogen (secondary N) is 1. The van der Waals surface area contributed by atoms with Crippen molar-refractivity contribution in [1.29, 1.82) is 0 Å². The largest absolute Gasteiger partial charge is 0.478 e. The highest BCUT2D eigenvalue weighted by molar-refractivity contribution is 5.96. The predicted molar refractivity (Wildman–Crippen MR) is 62.1 cm³/mol. The Morgan fingerprint density at radius 1 is 1.35 bits per heavy atom. The molecule has 0 atom stereocenters. The quantitative estimate of drug-likeness (QED) is 0.757. The number of carboxylic acids is 1. The van der Waals surface area contributed by atoms with Crippen LogP contribution < -0.4 is 5.32 Å². The molecule has 0 aliphatic heterocycles. The maximum atomic E-state index is 11.6. The van der Waals surface area contributed by atoms with Crippen molar-refractivity contribution in [2.24, 2.45) is 0 Å². The van der Waals surface area contributed by atoms with Gasteiger partial charge in [0.05, 0.1) is 11.1 Å². The van der Waals surface area contributed by atoms with Crippen LogP contribution in [0.2, 0.25) is 0 Å². The Hall–Kier alpha value is -1.95. The third-order valence-corrected chi connectivity index (χ3v) is 2.09. The molecule has 1 aromatic heterocycles. The summed E-state index contributed by atoms with van der Waals surface area (Å²) in [6, 6.07) is 1.31. The Balaban J connectivity index is 2.63. The summed E-state index contributed by atoms with van der Waals surface area (Å²) in [5, 5.41) is 11.4. The summed E-state index contributed by atoms with van der Waals surface area (Å²) < 4.78 is 0. The molecule has 0 fully saturated rings. The number of aromatic nitrogens is 1. The second-order valence-electron chi connectivity index (χ2n) is 3.83. The van der Waals surface area contributed by atoms with Crippen molar-refractivity contribution in [3.8, 4) is 0 Å². The van der Waals surface area contributed by atoms with Gasteiger partial charge in [-0.2, -0.15) is 0 Å². The summed E-state index contributed by atoms with van der Waals surface area (Å²) in [4.78, 5) is 28.0. The summed E-state index contributed by atoms with van der Waals surface area (Å²) in [7, 11) is 3.80. The van der Waals surface area contributed by atoms with Gasteiger partial charge < -0.3 is 15.3 Å². The van der Waals surface area contributed by atoms with Crippen molar-refractivity contribution in [1.82, 2.24) is 15.2 Å². The third kappa shape index (κ3) is 4.20. The lowest BCUT2D eigenvalue weighted by atomic mass is 10.2. The topological polar surface area (TPSA) is 82.5 Å². The molecular formula is C11H15N3O3. The number of carboxylic acid groups (broad SMARTS) is 1. The second-order valence-corrected chi connectivity index (χ2v) is 3.83. The van der Waals surface area contributed by atoms with Crippen LogP contribution in [0.5, 0.6) is 0 Å².